The largest absolute Gasteiger partial charge is 0.507 e. The number of hydrogen-bond donors (Lipinski definition) is 1. The molecule has 4 rings (SSSR count). The quantitative estimate of drug-likeness (QED) is 0.217. The van der Waals surface area contributed by atoms with Crippen molar-refractivity contribution < 1.29 is 28.9 Å². The fraction of sp³-hybridized carbons (Fsp3) is 0.290. The molecule has 0 aromatic heterocycles. The highest BCUT2D eigenvalue weighted by molar-refractivity contribution is 6.46. The summed E-state index contributed by atoms with van der Waals surface area (Å²) < 4.78 is 16.7. The summed E-state index contributed by atoms with van der Waals surface area (Å²) in [5.41, 5.74) is 1.98. The van der Waals surface area contributed by atoms with Crippen LogP contribution in [0.4, 0.5) is 0 Å². The molecule has 1 N–H and O–H groups in total. The maximum Gasteiger partial charge on any atom is 0.295 e. The second kappa shape index (κ2) is 11.4. The second-order valence-corrected chi connectivity index (χ2v) is 9.70. The van der Waals surface area contributed by atoms with Crippen LogP contribution in [0.1, 0.15) is 50.4 Å². The zero-order valence-corrected chi connectivity index (χ0v) is 22.3. The first-order valence-corrected chi connectivity index (χ1v) is 12.6. The Morgan fingerprint density at radius 2 is 1.29 bits per heavy atom. The third-order valence-corrected chi connectivity index (χ3v) is 6.12. The van der Waals surface area contributed by atoms with E-state index in [0.717, 1.165) is 11.3 Å². The molecular formula is C31H33NO6. The van der Waals surface area contributed by atoms with E-state index in [1.54, 1.807) is 55.6 Å². The molecule has 0 radical (unpaired) electrons. The number of amides is 1. The first-order chi connectivity index (χ1) is 18.2. The van der Waals surface area contributed by atoms with E-state index in [1.165, 1.54) is 4.90 Å². The number of ketones is 1. The van der Waals surface area contributed by atoms with Crippen LogP contribution in [0, 0.1) is 0 Å². The van der Waals surface area contributed by atoms with Crippen LogP contribution in [0.15, 0.2) is 78.4 Å². The summed E-state index contributed by atoms with van der Waals surface area (Å²) in [6.07, 6.45) is 0.0422. The Bertz CT molecular complexity index is 1310. The number of rotatable bonds is 9. The molecule has 1 fully saturated rings. The normalized spacial score (nSPS) is 16.8. The van der Waals surface area contributed by atoms with Crippen LogP contribution >= 0.6 is 0 Å². The third kappa shape index (κ3) is 5.83. The predicted octanol–water partition coefficient (Wildman–Crippen LogP) is 5.89. The molecule has 1 atom stereocenters. The van der Waals surface area contributed by atoms with Gasteiger partial charge in [0.05, 0.1) is 30.9 Å². The molecular weight excluding hydrogens is 482 g/mol. The van der Waals surface area contributed by atoms with Crippen LogP contribution in [-0.4, -0.2) is 41.0 Å². The molecule has 0 spiro atoms. The fourth-order valence-electron chi connectivity index (χ4n) is 4.44. The number of hydrogen-bond acceptors (Lipinski definition) is 6. The maximum absolute atomic E-state index is 13.3. The molecule has 0 aliphatic carbocycles. The zero-order chi connectivity index (χ0) is 27.4. The second-order valence-electron chi connectivity index (χ2n) is 9.70. The molecule has 1 amide bonds. The summed E-state index contributed by atoms with van der Waals surface area (Å²) in [6.45, 7) is 7.94. The lowest BCUT2D eigenvalue weighted by Crippen LogP contribution is -2.29. The number of carbonyl (C=O) groups excluding carboxylic acids is 2. The summed E-state index contributed by atoms with van der Waals surface area (Å²) in [5.74, 6) is 0.381. The number of methoxy groups -OCH3 is 1. The standard InChI is InChI=1S/C31H33NO6/c1-19(2)37-25-12-6-21(7-13-25)18-32-28(22-8-14-24(36-5)15-9-22)27(30(34)31(32)35)29(33)23-10-16-26(17-11-23)38-20(3)4/h6-17,19-20,28,33H,18H2,1-5H3/b29-27-. The Balaban J connectivity index is 1.74. The average Bonchev–Trinajstić information content (AvgIpc) is 3.14. The highest BCUT2D eigenvalue weighted by Crippen LogP contribution is 2.41. The van der Waals surface area contributed by atoms with Crippen molar-refractivity contribution in [1.29, 1.82) is 0 Å². The molecule has 7 nitrogen and oxygen atoms in total. The number of Topliss-reactive ketones (excluding diaryl/α,β-unsaturated/α-hetero) is 1. The molecule has 7 heteroatoms. The molecule has 1 aliphatic rings. The van der Waals surface area contributed by atoms with Crippen molar-refractivity contribution in [2.45, 2.75) is 52.5 Å². The summed E-state index contributed by atoms with van der Waals surface area (Å²) in [6, 6.07) is 20.6. The molecule has 1 saturated heterocycles. The lowest BCUT2D eigenvalue weighted by atomic mass is 9.95. The first kappa shape index (κ1) is 26.8. The van der Waals surface area contributed by atoms with Gasteiger partial charge in [-0.25, -0.2) is 0 Å². The zero-order valence-electron chi connectivity index (χ0n) is 22.3. The molecule has 38 heavy (non-hydrogen) atoms. The Kier molecular flexibility index (Phi) is 8.05. The molecule has 0 saturated carbocycles. The van der Waals surface area contributed by atoms with Gasteiger partial charge in [0.25, 0.3) is 11.7 Å². The van der Waals surface area contributed by atoms with Gasteiger partial charge in [0.15, 0.2) is 0 Å². The molecule has 1 heterocycles. The number of aliphatic hydroxyl groups excluding tert-OH is 1. The molecule has 0 bridgehead atoms. The van der Waals surface area contributed by atoms with Gasteiger partial charge in [0, 0.05) is 12.1 Å². The third-order valence-electron chi connectivity index (χ3n) is 6.12. The van der Waals surface area contributed by atoms with E-state index in [1.807, 2.05) is 52.0 Å². The number of benzene rings is 3. The van der Waals surface area contributed by atoms with Crippen LogP contribution in [-0.2, 0) is 16.1 Å². The SMILES string of the molecule is COc1ccc(C2/C(=C(/O)c3ccc(OC(C)C)cc3)C(=O)C(=O)N2Cc2ccc(OC(C)C)cc2)cc1. The monoisotopic (exact) mass is 515 g/mol. The Labute approximate surface area is 223 Å². The van der Waals surface area contributed by atoms with E-state index < -0.39 is 17.7 Å². The van der Waals surface area contributed by atoms with Gasteiger partial charge in [-0.1, -0.05) is 24.3 Å². The van der Waals surface area contributed by atoms with Gasteiger partial charge in [0.1, 0.15) is 23.0 Å². The van der Waals surface area contributed by atoms with Crippen LogP contribution in [0.25, 0.3) is 5.76 Å². The number of ether oxygens (including phenoxy) is 3. The number of likely N-dealkylation sites (tertiary alicyclic amines) is 1. The smallest absolute Gasteiger partial charge is 0.295 e. The van der Waals surface area contributed by atoms with Gasteiger partial charge in [0.2, 0.25) is 0 Å². The van der Waals surface area contributed by atoms with Gasteiger partial charge < -0.3 is 24.2 Å². The minimum Gasteiger partial charge on any atom is -0.507 e. The highest BCUT2D eigenvalue weighted by Gasteiger charge is 2.46. The number of aliphatic hydroxyl groups is 1. The molecule has 1 aliphatic heterocycles. The summed E-state index contributed by atoms with van der Waals surface area (Å²) in [5, 5.41) is 11.3. The summed E-state index contributed by atoms with van der Waals surface area (Å²) in [4.78, 5) is 28.1. The fourth-order valence-corrected chi connectivity index (χ4v) is 4.44. The topological polar surface area (TPSA) is 85.3 Å². The molecule has 3 aromatic carbocycles. The van der Waals surface area contributed by atoms with E-state index in [-0.39, 0.29) is 30.1 Å². The van der Waals surface area contributed by atoms with E-state index in [0.29, 0.717) is 22.6 Å². The number of carbonyl (C=O) groups is 2. The lowest BCUT2D eigenvalue weighted by Gasteiger charge is -2.25. The van der Waals surface area contributed by atoms with Gasteiger partial charge in [-0.3, -0.25) is 9.59 Å². The van der Waals surface area contributed by atoms with Gasteiger partial charge >= 0.3 is 0 Å². The van der Waals surface area contributed by atoms with Gasteiger partial charge in [-0.15, -0.1) is 0 Å². The van der Waals surface area contributed by atoms with Crippen molar-refractivity contribution in [3.8, 4) is 17.2 Å². The van der Waals surface area contributed by atoms with Crippen LogP contribution in [0.2, 0.25) is 0 Å². The number of nitrogens with zero attached hydrogens (tertiary/aromatic N) is 1. The first-order valence-electron chi connectivity index (χ1n) is 12.6. The minimum atomic E-state index is -0.779. The minimum absolute atomic E-state index is 0.000782. The summed E-state index contributed by atoms with van der Waals surface area (Å²) in [7, 11) is 1.57. The van der Waals surface area contributed by atoms with Crippen molar-refractivity contribution in [3.05, 3.63) is 95.1 Å². The Hall–Kier alpha value is -4.26. The molecule has 1 unspecified atom stereocenters. The van der Waals surface area contributed by atoms with E-state index in [9.17, 15) is 14.7 Å². The van der Waals surface area contributed by atoms with Crippen molar-refractivity contribution >= 4 is 17.4 Å². The van der Waals surface area contributed by atoms with Crippen molar-refractivity contribution in [3.63, 3.8) is 0 Å². The van der Waals surface area contributed by atoms with E-state index >= 15 is 0 Å². The van der Waals surface area contributed by atoms with Crippen LogP contribution < -0.4 is 14.2 Å². The van der Waals surface area contributed by atoms with E-state index in [2.05, 4.69) is 0 Å². The maximum atomic E-state index is 13.3. The van der Waals surface area contributed by atoms with Crippen LogP contribution in [0.3, 0.4) is 0 Å². The van der Waals surface area contributed by atoms with Gasteiger partial charge in [-0.05, 0) is 87.4 Å². The summed E-state index contributed by atoms with van der Waals surface area (Å²) >= 11 is 0. The van der Waals surface area contributed by atoms with Crippen molar-refractivity contribution in [2.75, 3.05) is 7.11 Å². The van der Waals surface area contributed by atoms with Crippen molar-refractivity contribution in [2.24, 2.45) is 0 Å². The van der Waals surface area contributed by atoms with Crippen molar-refractivity contribution in [1.82, 2.24) is 4.90 Å². The van der Waals surface area contributed by atoms with Crippen LogP contribution in [0.5, 0.6) is 17.2 Å². The highest BCUT2D eigenvalue weighted by atomic mass is 16.5. The Morgan fingerprint density at radius 1 is 0.789 bits per heavy atom. The molecule has 3 aromatic rings. The predicted molar refractivity (Wildman–Crippen MR) is 145 cm³/mol. The molecule has 198 valence electrons. The lowest BCUT2D eigenvalue weighted by molar-refractivity contribution is -0.140. The average molecular weight is 516 g/mol. The Morgan fingerprint density at radius 3 is 1.79 bits per heavy atom. The van der Waals surface area contributed by atoms with Gasteiger partial charge in [-0.2, -0.15) is 0 Å². The van der Waals surface area contributed by atoms with E-state index in [4.69, 9.17) is 14.2 Å².